The molecule has 0 aromatic carbocycles. The van der Waals surface area contributed by atoms with Crippen LogP contribution in [0.15, 0.2) is 17.5 Å². The van der Waals surface area contributed by atoms with Crippen molar-refractivity contribution in [3.8, 4) is 0 Å². The zero-order chi connectivity index (χ0) is 13.9. The number of carbonyl (C=O) groups excluding carboxylic acids is 1. The van der Waals surface area contributed by atoms with Crippen LogP contribution in [0.25, 0.3) is 0 Å². The van der Waals surface area contributed by atoms with Crippen molar-refractivity contribution in [3.63, 3.8) is 0 Å². The Morgan fingerprint density at radius 2 is 2.42 bits per heavy atom. The standard InChI is InChI=1S/C14H22N2O2S/c1-14(2,15)13(17)16(9-11-5-3-7-18-11)10-12-6-4-8-19-12/h4,6,8,11H,3,5,7,9-10,15H2,1-2H3. The van der Waals surface area contributed by atoms with Gasteiger partial charge in [0.25, 0.3) is 0 Å². The summed E-state index contributed by atoms with van der Waals surface area (Å²) in [5.41, 5.74) is 5.12. The molecule has 5 heteroatoms. The van der Waals surface area contributed by atoms with Crippen molar-refractivity contribution >= 4 is 17.2 Å². The molecule has 0 radical (unpaired) electrons. The lowest BCUT2D eigenvalue weighted by atomic mass is 10.0. The van der Waals surface area contributed by atoms with Gasteiger partial charge in [-0.2, -0.15) is 0 Å². The summed E-state index contributed by atoms with van der Waals surface area (Å²) in [4.78, 5) is 15.4. The van der Waals surface area contributed by atoms with Crippen LogP contribution >= 0.6 is 11.3 Å². The molecule has 2 N–H and O–H groups in total. The zero-order valence-electron chi connectivity index (χ0n) is 11.6. The molecular formula is C14H22N2O2S. The van der Waals surface area contributed by atoms with E-state index in [1.807, 2.05) is 22.4 Å². The monoisotopic (exact) mass is 282 g/mol. The SMILES string of the molecule is CC(C)(N)C(=O)N(Cc1cccs1)CC1CCCO1. The van der Waals surface area contributed by atoms with Crippen molar-refractivity contribution in [2.24, 2.45) is 5.73 Å². The van der Waals surface area contributed by atoms with Crippen LogP contribution < -0.4 is 5.73 Å². The van der Waals surface area contributed by atoms with E-state index in [1.54, 1.807) is 25.2 Å². The average molecular weight is 282 g/mol. The quantitative estimate of drug-likeness (QED) is 0.898. The van der Waals surface area contributed by atoms with Crippen molar-refractivity contribution in [1.82, 2.24) is 4.90 Å². The van der Waals surface area contributed by atoms with E-state index in [1.165, 1.54) is 4.88 Å². The van der Waals surface area contributed by atoms with Gasteiger partial charge < -0.3 is 15.4 Å². The lowest BCUT2D eigenvalue weighted by molar-refractivity contribution is -0.138. The number of nitrogens with zero attached hydrogens (tertiary/aromatic N) is 1. The molecule has 106 valence electrons. The van der Waals surface area contributed by atoms with E-state index in [-0.39, 0.29) is 12.0 Å². The number of thiophene rings is 1. The third-order valence-electron chi connectivity index (χ3n) is 3.21. The predicted octanol–water partition coefficient (Wildman–Crippen LogP) is 1.99. The van der Waals surface area contributed by atoms with Crippen molar-refractivity contribution in [3.05, 3.63) is 22.4 Å². The molecule has 1 aromatic rings. The van der Waals surface area contributed by atoms with Crippen LogP contribution in [0.1, 0.15) is 31.6 Å². The molecule has 19 heavy (non-hydrogen) atoms. The van der Waals surface area contributed by atoms with E-state index in [4.69, 9.17) is 10.5 Å². The molecule has 1 saturated heterocycles. The number of ether oxygens (including phenoxy) is 1. The fourth-order valence-electron chi connectivity index (χ4n) is 2.25. The van der Waals surface area contributed by atoms with Crippen LogP contribution in [0.4, 0.5) is 0 Å². The van der Waals surface area contributed by atoms with Gasteiger partial charge in [-0.1, -0.05) is 6.07 Å². The Morgan fingerprint density at radius 3 is 2.95 bits per heavy atom. The topological polar surface area (TPSA) is 55.6 Å². The van der Waals surface area contributed by atoms with Crippen LogP contribution in [-0.2, 0) is 16.1 Å². The zero-order valence-corrected chi connectivity index (χ0v) is 12.4. The molecule has 1 amide bonds. The Kier molecular flexibility index (Phi) is 4.60. The highest BCUT2D eigenvalue weighted by Crippen LogP contribution is 2.19. The summed E-state index contributed by atoms with van der Waals surface area (Å²) in [5, 5.41) is 2.03. The van der Waals surface area contributed by atoms with Crippen LogP contribution in [0.5, 0.6) is 0 Å². The van der Waals surface area contributed by atoms with Gasteiger partial charge in [0.15, 0.2) is 0 Å². The average Bonchev–Trinajstić information content (AvgIpc) is 2.98. The van der Waals surface area contributed by atoms with Crippen LogP contribution in [0.3, 0.4) is 0 Å². The molecule has 1 aromatic heterocycles. The second-order valence-electron chi connectivity index (χ2n) is 5.62. The highest BCUT2D eigenvalue weighted by molar-refractivity contribution is 7.09. The fourth-order valence-corrected chi connectivity index (χ4v) is 2.97. The summed E-state index contributed by atoms with van der Waals surface area (Å²) < 4.78 is 5.63. The minimum atomic E-state index is -0.837. The third kappa shape index (κ3) is 4.03. The summed E-state index contributed by atoms with van der Waals surface area (Å²) in [7, 11) is 0. The minimum Gasteiger partial charge on any atom is -0.376 e. The summed E-state index contributed by atoms with van der Waals surface area (Å²) >= 11 is 1.66. The van der Waals surface area contributed by atoms with E-state index in [0.717, 1.165) is 19.4 Å². The molecule has 1 fully saturated rings. The maximum Gasteiger partial charge on any atom is 0.242 e. The predicted molar refractivity (Wildman–Crippen MR) is 77.0 cm³/mol. The molecule has 0 saturated carbocycles. The van der Waals surface area contributed by atoms with Gasteiger partial charge in [-0.3, -0.25) is 4.79 Å². The fraction of sp³-hybridized carbons (Fsp3) is 0.643. The molecule has 1 atom stereocenters. The van der Waals surface area contributed by atoms with Gasteiger partial charge in [0, 0.05) is 18.0 Å². The van der Waals surface area contributed by atoms with Crippen LogP contribution in [0.2, 0.25) is 0 Å². The van der Waals surface area contributed by atoms with Gasteiger partial charge in [-0.15, -0.1) is 11.3 Å². The Bertz CT molecular complexity index is 406. The van der Waals surface area contributed by atoms with Crippen molar-refractivity contribution in [2.75, 3.05) is 13.2 Å². The first-order chi connectivity index (χ1) is 8.97. The Balaban J connectivity index is 2.05. The Hall–Kier alpha value is -0.910. The molecule has 0 spiro atoms. The molecule has 0 bridgehead atoms. The summed E-state index contributed by atoms with van der Waals surface area (Å²) in [6.07, 6.45) is 2.27. The third-order valence-corrected chi connectivity index (χ3v) is 4.07. The van der Waals surface area contributed by atoms with E-state index < -0.39 is 5.54 Å². The first kappa shape index (κ1) is 14.5. The van der Waals surface area contributed by atoms with Crippen molar-refractivity contribution < 1.29 is 9.53 Å². The number of hydrogen-bond donors (Lipinski definition) is 1. The summed E-state index contributed by atoms with van der Waals surface area (Å²) in [6.45, 7) is 5.57. The summed E-state index contributed by atoms with van der Waals surface area (Å²) in [5.74, 6) is -0.0172. The smallest absolute Gasteiger partial charge is 0.242 e. The Morgan fingerprint density at radius 1 is 1.63 bits per heavy atom. The lowest BCUT2D eigenvalue weighted by Gasteiger charge is -2.30. The van der Waals surface area contributed by atoms with Crippen molar-refractivity contribution in [2.45, 2.75) is 44.9 Å². The maximum absolute atomic E-state index is 12.4. The first-order valence-electron chi connectivity index (χ1n) is 6.69. The van der Waals surface area contributed by atoms with Gasteiger partial charge in [0.2, 0.25) is 5.91 Å². The van der Waals surface area contributed by atoms with E-state index in [0.29, 0.717) is 13.1 Å². The molecule has 1 unspecified atom stereocenters. The molecule has 4 nitrogen and oxygen atoms in total. The number of nitrogens with two attached hydrogens (primary N) is 1. The number of hydrogen-bond acceptors (Lipinski definition) is 4. The lowest BCUT2D eigenvalue weighted by Crippen LogP contribution is -2.52. The number of carbonyl (C=O) groups is 1. The van der Waals surface area contributed by atoms with Crippen LogP contribution in [0, 0.1) is 0 Å². The van der Waals surface area contributed by atoms with Gasteiger partial charge in [0.05, 0.1) is 18.2 Å². The normalized spacial score (nSPS) is 19.6. The molecule has 1 aliphatic rings. The van der Waals surface area contributed by atoms with Gasteiger partial charge in [-0.05, 0) is 38.1 Å². The molecule has 1 aliphatic heterocycles. The van der Waals surface area contributed by atoms with E-state index in [2.05, 4.69) is 0 Å². The highest BCUT2D eigenvalue weighted by Gasteiger charge is 2.30. The highest BCUT2D eigenvalue weighted by atomic mass is 32.1. The number of rotatable bonds is 5. The molecule has 0 aliphatic carbocycles. The van der Waals surface area contributed by atoms with E-state index >= 15 is 0 Å². The van der Waals surface area contributed by atoms with Crippen LogP contribution in [-0.4, -0.2) is 35.6 Å². The maximum atomic E-state index is 12.4. The minimum absolute atomic E-state index is 0.0172. The van der Waals surface area contributed by atoms with Crippen molar-refractivity contribution in [1.29, 1.82) is 0 Å². The van der Waals surface area contributed by atoms with Gasteiger partial charge in [0.1, 0.15) is 0 Å². The second-order valence-corrected chi connectivity index (χ2v) is 6.65. The largest absolute Gasteiger partial charge is 0.376 e. The first-order valence-corrected chi connectivity index (χ1v) is 7.57. The molecular weight excluding hydrogens is 260 g/mol. The molecule has 2 heterocycles. The second kappa shape index (κ2) is 6.03. The van der Waals surface area contributed by atoms with Gasteiger partial charge in [-0.25, -0.2) is 0 Å². The van der Waals surface area contributed by atoms with Gasteiger partial charge >= 0.3 is 0 Å². The molecule has 2 rings (SSSR count). The number of amides is 1. The Labute approximate surface area is 118 Å². The summed E-state index contributed by atoms with van der Waals surface area (Å²) in [6, 6.07) is 4.05. The van der Waals surface area contributed by atoms with E-state index in [9.17, 15) is 4.79 Å².